The molecule has 0 unspecified atom stereocenters. The molecule has 0 fully saturated rings. The highest BCUT2D eigenvalue weighted by molar-refractivity contribution is 6.04. The number of aromatic nitrogens is 1. The predicted molar refractivity (Wildman–Crippen MR) is 114 cm³/mol. The van der Waals surface area contributed by atoms with Crippen molar-refractivity contribution in [1.29, 1.82) is 0 Å². The molecule has 0 aliphatic heterocycles. The van der Waals surface area contributed by atoms with Crippen LogP contribution in [-0.2, 0) is 9.53 Å². The van der Waals surface area contributed by atoms with Gasteiger partial charge in [-0.2, -0.15) is 0 Å². The van der Waals surface area contributed by atoms with Crippen LogP contribution in [-0.4, -0.2) is 29.1 Å². The summed E-state index contributed by atoms with van der Waals surface area (Å²) in [6.45, 7) is 5.51. The maximum absolute atomic E-state index is 13.1. The highest BCUT2D eigenvalue weighted by Crippen LogP contribution is 2.24. The molecule has 2 N–H and O–H groups in total. The van der Waals surface area contributed by atoms with Crippen LogP contribution < -0.4 is 10.6 Å². The number of nitrogens with one attached hydrogen (secondary N) is 2. The zero-order chi connectivity index (χ0) is 20.9. The average Bonchev–Trinajstić information content (AvgIpc) is 2.68. The lowest BCUT2D eigenvalue weighted by Gasteiger charge is -2.22. The first-order valence-corrected chi connectivity index (χ1v) is 9.49. The van der Waals surface area contributed by atoms with Crippen LogP contribution in [0.4, 0.5) is 10.5 Å². The van der Waals surface area contributed by atoms with E-state index in [2.05, 4.69) is 15.6 Å². The fraction of sp³-hybridized carbons (Fsp3) is 0.261. The molecule has 0 aliphatic carbocycles. The van der Waals surface area contributed by atoms with Crippen LogP contribution in [0.2, 0.25) is 0 Å². The van der Waals surface area contributed by atoms with E-state index in [1.807, 2.05) is 54.6 Å². The Labute approximate surface area is 170 Å². The van der Waals surface area contributed by atoms with Gasteiger partial charge in [-0.3, -0.25) is 9.78 Å². The summed E-state index contributed by atoms with van der Waals surface area (Å²) < 4.78 is 5.29. The summed E-state index contributed by atoms with van der Waals surface area (Å²) in [5, 5.41) is 7.55. The number of benzene rings is 2. The van der Waals surface area contributed by atoms with E-state index in [0.717, 1.165) is 16.3 Å². The molecule has 0 aliphatic rings. The van der Waals surface area contributed by atoms with Gasteiger partial charge >= 0.3 is 6.09 Å². The molecule has 0 saturated heterocycles. The van der Waals surface area contributed by atoms with Crippen molar-refractivity contribution in [3.05, 3.63) is 72.6 Å². The van der Waals surface area contributed by atoms with Crippen molar-refractivity contribution < 1.29 is 14.3 Å². The zero-order valence-corrected chi connectivity index (χ0v) is 16.8. The first-order valence-electron chi connectivity index (χ1n) is 9.49. The molecule has 3 rings (SSSR count). The van der Waals surface area contributed by atoms with Crippen LogP contribution in [0.3, 0.4) is 0 Å². The number of fused-ring (bicyclic) bond motifs is 1. The number of hydrogen-bond acceptors (Lipinski definition) is 4. The molecular formula is C23H25N3O3. The van der Waals surface area contributed by atoms with Crippen molar-refractivity contribution in [2.75, 3.05) is 11.9 Å². The van der Waals surface area contributed by atoms with Crippen molar-refractivity contribution in [1.82, 2.24) is 10.3 Å². The van der Waals surface area contributed by atoms with Crippen molar-refractivity contribution in [2.45, 2.75) is 32.3 Å². The van der Waals surface area contributed by atoms with Gasteiger partial charge in [-0.05, 0) is 38.5 Å². The van der Waals surface area contributed by atoms with Crippen LogP contribution >= 0.6 is 0 Å². The highest BCUT2D eigenvalue weighted by Gasteiger charge is 2.24. The lowest BCUT2D eigenvalue weighted by atomic mass is 9.97. The fourth-order valence-corrected chi connectivity index (χ4v) is 3.00. The summed E-state index contributed by atoms with van der Waals surface area (Å²) in [7, 11) is 0. The largest absolute Gasteiger partial charge is 0.444 e. The van der Waals surface area contributed by atoms with Crippen molar-refractivity contribution in [2.24, 2.45) is 0 Å². The lowest BCUT2D eigenvalue weighted by molar-refractivity contribution is -0.117. The number of pyridine rings is 1. The standard InChI is InChI=1S/C23H25N3O3/c1-23(2,3)29-22(28)25-15-19(16-8-5-4-6-9-16)21(27)26-20-11-7-10-17-14-24-13-12-18(17)20/h4-14,19H,15H2,1-3H3,(H,25,28)(H,26,27)/t19-/m0/s1. The Hall–Kier alpha value is -3.41. The van der Waals surface area contributed by atoms with Crippen molar-refractivity contribution >= 4 is 28.5 Å². The lowest BCUT2D eigenvalue weighted by Crippen LogP contribution is -2.37. The number of nitrogens with zero attached hydrogens (tertiary/aromatic N) is 1. The second kappa shape index (κ2) is 8.73. The molecule has 2 aromatic carbocycles. The second-order valence-corrected chi connectivity index (χ2v) is 7.74. The molecule has 6 nitrogen and oxygen atoms in total. The Morgan fingerprint density at radius 2 is 1.79 bits per heavy atom. The molecule has 0 radical (unpaired) electrons. The molecule has 0 bridgehead atoms. The summed E-state index contributed by atoms with van der Waals surface area (Å²) >= 11 is 0. The Morgan fingerprint density at radius 3 is 2.52 bits per heavy atom. The van der Waals surface area contributed by atoms with E-state index in [4.69, 9.17) is 4.74 Å². The van der Waals surface area contributed by atoms with Gasteiger partial charge in [0, 0.05) is 35.4 Å². The number of alkyl carbamates (subject to hydrolysis) is 1. The first-order chi connectivity index (χ1) is 13.8. The van der Waals surface area contributed by atoms with E-state index in [1.54, 1.807) is 33.2 Å². The SMILES string of the molecule is CC(C)(C)OC(=O)NC[C@H](C(=O)Nc1cccc2cnccc12)c1ccccc1. The van der Waals surface area contributed by atoms with E-state index >= 15 is 0 Å². The summed E-state index contributed by atoms with van der Waals surface area (Å²) in [6.07, 6.45) is 2.89. The third kappa shape index (κ3) is 5.54. The van der Waals surface area contributed by atoms with Crippen LogP contribution in [0.25, 0.3) is 10.8 Å². The van der Waals surface area contributed by atoms with Gasteiger partial charge in [0.15, 0.2) is 0 Å². The van der Waals surface area contributed by atoms with Gasteiger partial charge in [0.1, 0.15) is 5.60 Å². The molecule has 0 spiro atoms. The monoisotopic (exact) mass is 391 g/mol. The molecule has 6 heteroatoms. The minimum Gasteiger partial charge on any atom is -0.444 e. The van der Waals surface area contributed by atoms with E-state index in [9.17, 15) is 9.59 Å². The quantitative estimate of drug-likeness (QED) is 0.672. The summed E-state index contributed by atoms with van der Waals surface area (Å²) in [5.74, 6) is -0.780. The summed E-state index contributed by atoms with van der Waals surface area (Å²) in [4.78, 5) is 29.3. The van der Waals surface area contributed by atoms with E-state index in [0.29, 0.717) is 5.69 Å². The number of rotatable bonds is 5. The minimum absolute atomic E-state index is 0.122. The summed E-state index contributed by atoms with van der Waals surface area (Å²) in [5.41, 5.74) is 0.905. The first kappa shape index (κ1) is 20.3. The number of hydrogen-bond donors (Lipinski definition) is 2. The van der Waals surface area contributed by atoms with Gasteiger partial charge in [0.05, 0.1) is 5.92 Å². The average molecular weight is 391 g/mol. The highest BCUT2D eigenvalue weighted by atomic mass is 16.6. The Balaban J connectivity index is 1.80. The van der Waals surface area contributed by atoms with Crippen LogP contribution in [0.1, 0.15) is 32.3 Å². The minimum atomic E-state index is -0.606. The second-order valence-electron chi connectivity index (χ2n) is 7.74. The number of carbonyl (C=O) groups is 2. The predicted octanol–water partition coefficient (Wildman–Crippen LogP) is 4.48. The Kier molecular flexibility index (Phi) is 6.12. The van der Waals surface area contributed by atoms with Gasteiger partial charge in [-0.25, -0.2) is 4.79 Å². The smallest absolute Gasteiger partial charge is 0.407 e. The molecule has 1 aromatic heterocycles. The van der Waals surface area contributed by atoms with Crippen LogP contribution in [0, 0.1) is 0 Å². The van der Waals surface area contributed by atoms with Gasteiger partial charge in [0.2, 0.25) is 5.91 Å². The van der Waals surface area contributed by atoms with Gasteiger partial charge < -0.3 is 15.4 Å². The van der Waals surface area contributed by atoms with E-state index in [1.165, 1.54) is 0 Å². The Morgan fingerprint density at radius 1 is 1.03 bits per heavy atom. The molecule has 3 aromatic rings. The molecular weight excluding hydrogens is 366 g/mol. The maximum atomic E-state index is 13.1. The molecule has 1 heterocycles. The third-order valence-corrected chi connectivity index (χ3v) is 4.31. The van der Waals surface area contributed by atoms with Gasteiger partial charge in [0.25, 0.3) is 0 Å². The molecule has 150 valence electrons. The van der Waals surface area contributed by atoms with E-state index < -0.39 is 17.6 Å². The van der Waals surface area contributed by atoms with Crippen LogP contribution in [0.5, 0.6) is 0 Å². The normalized spacial score (nSPS) is 12.2. The van der Waals surface area contributed by atoms with Gasteiger partial charge in [-0.15, -0.1) is 0 Å². The van der Waals surface area contributed by atoms with E-state index in [-0.39, 0.29) is 12.5 Å². The number of carbonyl (C=O) groups excluding carboxylic acids is 2. The topological polar surface area (TPSA) is 80.3 Å². The van der Waals surface area contributed by atoms with Gasteiger partial charge in [-0.1, -0.05) is 42.5 Å². The zero-order valence-electron chi connectivity index (χ0n) is 16.8. The molecule has 1 atom stereocenters. The molecule has 2 amide bonds. The third-order valence-electron chi connectivity index (χ3n) is 4.31. The van der Waals surface area contributed by atoms with Crippen molar-refractivity contribution in [3.8, 4) is 0 Å². The summed E-state index contributed by atoms with van der Waals surface area (Å²) in [6, 6.07) is 16.9. The number of amides is 2. The van der Waals surface area contributed by atoms with Crippen molar-refractivity contribution in [3.63, 3.8) is 0 Å². The maximum Gasteiger partial charge on any atom is 0.407 e. The molecule has 0 saturated carbocycles. The molecule has 29 heavy (non-hydrogen) atoms. The fourth-order valence-electron chi connectivity index (χ4n) is 3.00. The number of ether oxygens (including phenoxy) is 1. The number of anilines is 1. The Bertz CT molecular complexity index is 992. The van der Waals surface area contributed by atoms with Crippen LogP contribution in [0.15, 0.2) is 67.0 Å².